The van der Waals surface area contributed by atoms with E-state index in [1.807, 2.05) is 0 Å². The molecule has 1 aromatic heterocycles. The quantitative estimate of drug-likeness (QED) is 0.773. The van der Waals surface area contributed by atoms with Crippen molar-refractivity contribution in [2.45, 2.75) is 19.2 Å². The zero-order valence-electron chi connectivity index (χ0n) is 8.47. The van der Waals surface area contributed by atoms with Crippen molar-refractivity contribution in [2.24, 2.45) is 0 Å². The van der Waals surface area contributed by atoms with Gasteiger partial charge in [-0.3, -0.25) is 0 Å². The van der Waals surface area contributed by atoms with E-state index in [4.69, 9.17) is 0 Å². The van der Waals surface area contributed by atoms with Crippen LogP contribution in [-0.2, 0) is 6.18 Å². The van der Waals surface area contributed by atoms with E-state index < -0.39 is 17.8 Å². The number of fused-ring (bicyclic) bond motifs is 1. The number of halogens is 3. The molecule has 0 amide bonds. The topological polar surface area (TPSA) is 36.0 Å². The van der Waals surface area contributed by atoms with Gasteiger partial charge in [-0.2, -0.15) is 13.2 Å². The number of hydrogen-bond acceptors (Lipinski definition) is 1. The first-order valence-electron chi connectivity index (χ1n) is 4.76. The molecule has 16 heavy (non-hydrogen) atoms. The number of aromatic amines is 1. The highest BCUT2D eigenvalue weighted by Gasteiger charge is 2.30. The van der Waals surface area contributed by atoms with Crippen LogP contribution in [0.15, 0.2) is 24.3 Å². The van der Waals surface area contributed by atoms with Gasteiger partial charge in [-0.05, 0) is 30.5 Å². The van der Waals surface area contributed by atoms with Crippen molar-refractivity contribution < 1.29 is 18.3 Å². The molecule has 2 aromatic rings. The van der Waals surface area contributed by atoms with Gasteiger partial charge in [0.25, 0.3) is 0 Å². The standard InChI is InChI=1S/C11H10F3NO/c1-6(16)9-4-7-2-3-8(11(12,13)14)5-10(7)15-9/h2-6,15-16H,1H3. The van der Waals surface area contributed by atoms with Crippen LogP contribution in [0.3, 0.4) is 0 Å². The molecule has 2 rings (SSSR count). The van der Waals surface area contributed by atoms with Gasteiger partial charge < -0.3 is 10.1 Å². The van der Waals surface area contributed by atoms with Gasteiger partial charge in [0, 0.05) is 11.2 Å². The fourth-order valence-electron chi connectivity index (χ4n) is 1.55. The molecule has 2 nitrogen and oxygen atoms in total. The first-order chi connectivity index (χ1) is 7.38. The van der Waals surface area contributed by atoms with E-state index >= 15 is 0 Å². The van der Waals surface area contributed by atoms with E-state index in [1.165, 1.54) is 6.07 Å². The number of aliphatic hydroxyl groups is 1. The highest BCUT2D eigenvalue weighted by Crippen LogP contribution is 2.31. The van der Waals surface area contributed by atoms with E-state index in [-0.39, 0.29) is 0 Å². The van der Waals surface area contributed by atoms with E-state index in [0.29, 0.717) is 16.6 Å². The minimum atomic E-state index is -4.34. The van der Waals surface area contributed by atoms with Crippen LogP contribution in [0.4, 0.5) is 13.2 Å². The van der Waals surface area contributed by atoms with E-state index in [9.17, 15) is 18.3 Å². The van der Waals surface area contributed by atoms with E-state index in [0.717, 1.165) is 12.1 Å². The predicted octanol–water partition coefficient (Wildman–Crippen LogP) is 3.24. The van der Waals surface area contributed by atoms with Gasteiger partial charge in [0.1, 0.15) is 0 Å². The first-order valence-corrected chi connectivity index (χ1v) is 4.76. The van der Waals surface area contributed by atoms with Gasteiger partial charge in [-0.15, -0.1) is 0 Å². The molecule has 0 fully saturated rings. The monoisotopic (exact) mass is 229 g/mol. The predicted molar refractivity (Wildman–Crippen MR) is 53.9 cm³/mol. The normalized spacial score (nSPS) is 14.3. The highest BCUT2D eigenvalue weighted by atomic mass is 19.4. The van der Waals surface area contributed by atoms with Crippen molar-refractivity contribution in [1.82, 2.24) is 4.98 Å². The van der Waals surface area contributed by atoms with Gasteiger partial charge in [0.15, 0.2) is 0 Å². The van der Waals surface area contributed by atoms with Crippen molar-refractivity contribution in [2.75, 3.05) is 0 Å². The molecule has 1 atom stereocenters. The second-order valence-electron chi connectivity index (χ2n) is 3.70. The Balaban J connectivity index is 2.54. The summed E-state index contributed by atoms with van der Waals surface area (Å²) in [4.78, 5) is 2.76. The largest absolute Gasteiger partial charge is 0.416 e. The Bertz CT molecular complexity index is 513. The lowest BCUT2D eigenvalue weighted by Crippen LogP contribution is -2.03. The summed E-state index contributed by atoms with van der Waals surface area (Å²) < 4.78 is 37.3. The van der Waals surface area contributed by atoms with Crippen LogP contribution >= 0.6 is 0 Å². The third-order valence-corrected chi connectivity index (χ3v) is 2.42. The highest BCUT2D eigenvalue weighted by molar-refractivity contribution is 5.81. The third kappa shape index (κ3) is 1.90. The lowest BCUT2D eigenvalue weighted by molar-refractivity contribution is -0.137. The molecule has 1 aromatic carbocycles. The molecule has 0 spiro atoms. The average molecular weight is 229 g/mol. The Labute approximate surface area is 89.7 Å². The summed E-state index contributed by atoms with van der Waals surface area (Å²) >= 11 is 0. The zero-order chi connectivity index (χ0) is 11.9. The Kier molecular flexibility index (Phi) is 2.42. The molecule has 0 saturated heterocycles. The number of aliphatic hydroxyl groups excluding tert-OH is 1. The van der Waals surface area contributed by atoms with Crippen LogP contribution in [0, 0.1) is 0 Å². The Morgan fingerprint density at radius 3 is 2.50 bits per heavy atom. The molecule has 0 bridgehead atoms. The van der Waals surface area contributed by atoms with Crippen molar-refractivity contribution in [3.8, 4) is 0 Å². The SMILES string of the molecule is CC(O)c1cc2ccc(C(F)(F)F)cc2[nH]1. The maximum atomic E-state index is 12.4. The zero-order valence-corrected chi connectivity index (χ0v) is 8.47. The molecule has 0 saturated carbocycles. The Morgan fingerprint density at radius 2 is 1.94 bits per heavy atom. The second kappa shape index (κ2) is 3.52. The summed E-state index contributed by atoms with van der Waals surface area (Å²) in [5.74, 6) is 0. The summed E-state index contributed by atoms with van der Waals surface area (Å²) in [5.41, 5.74) is 0.194. The molecule has 0 aliphatic heterocycles. The van der Waals surface area contributed by atoms with Gasteiger partial charge in [-0.25, -0.2) is 0 Å². The Hall–Kier alpha value is -1.49. The minimum Gasteiger partial charge on any atom is -0.387 e. The summed E-state index contributed by atoms with van der Waals surface area (Å²) in [7, 11) is 0. The van der Waals surface area contributed by atoms with Crippen LogP contribution in [0.1, 0.15) is 24.3 Å². The maximum Gasteiger partial charge on any atom is 0.416 e. The molecule has 86 valence electrons. The lowest BCUT2D eigenvalue weighted by Gasteiger charge is -2.05. The second-order valence-corrected chi connectivity index (χ2v) is 3.70. The minimum absolute atomic E-state index is 0.380. The van der Waals surface area contributed by atoms with Crippen LogP contribution in [0.25, 0.3) is 10.9 Å². The molecule has 1 heterocycles. The summed E-state index contributed by atoms with van der Waals surface area (Å²) in [6.07, 6.45) is -5.06. The van der Waals surface area contributed by atoms with Crippen molar-refractivity contribution in [3.05, 3.63) is 35.5 Å². The number of rotatable bonds is 1. The van der Waals surface area contributed by atoms with Crippen LogP contribution < -0.4 is 0 Å². The van der Waals surface area contributed by atoms with E-state index in [2.05, 4.69) is 4.98 Å². The van der Waals surface area contributed by atoms with Gasteiger partial charge >= 0.3 is 6.18 Å². The van der Waals surface area contributed by atoms with Crippen molar-refractivity contribution >= 4 is 10.9 Å². The third-order valence-electron chi connectivity index (χ3n) is 2.42. The number of H-pyrrole nitrogens is 1. The molecule has 1 unspecified atom stereocenters. The molecule has 0 aliphatic rings. The number of alkyl halides is 3. The molecule has 0 radical (unpaired) electrons. The number of benzene rings is 1. The van der Waals surface area contributed by atoms with Crippen LogP contribution in [0.5, 0.6) is 0 Å². The molecule has 5 heteroatoms. The summed E-state index contributed by atoms with van der Waals surface area (Å²) in [5, 5.41) is 9.96. The van der Waals surface area contributed by atoms with Crippen LogP contribution in [-0.4, -0.2) is 10.1 Å². The van der Waals surface area contributed by atoms with Crippen molar-refractivity contribution in [3.63, 3.8) is 0 Å². The van der Waals surface area contributed by atoms with Gasteiger partial charge in [-0.1, -0.05) is 6.07 Å². The van der Waals surface area contributed by atoms with Crippen molar-refractivity contribution in [1.29, 1.82) is 0 Å². The maximum absolute atomic E-state index is 12.4. The van der Waals surface area contributed by atoms with Crippen LogP contribution in [0.2, 0.25) is 0 Å². The summed E-state index contributed by atoms with van der Waals surface area (Å²) in [6.45, 7) is 1.55. The molecular formula is C11H10F3NO. The Morgan fingerprint density at radius 1 is 1.25 bits per heavy atom. The smallest absolute Gasteiger partial charge is 0.387 e. The van der Waals surface area contributed by atoms with E-state index in [1.54, 1.807) is 13.0 Å². The van der Waals surface area contributed by atoms with Gasteiger partial charge in [0.05, 0.1) is 11.7 Å². The number of nitrogens with one attached hydrogen (secondary N) is 1. The van der Waals surface area contributed by atoms with Gasteiger partial charge in [0.2, 0.25) is 0 Å². The molecule has 0 aliphatic carbocycles. The fourth-order valence-corrected chi connectivity index (χ4v) is 1.55. The number of aromatic nitrogens is 1. The fraction of sp³-hybridized carbons (Fsp3) is 0.273. The lowest BCUT2D eigenvalue weighted by atomic mass is 10.1. The first kappa shape index (κ1) is 11.0. The molecule has 2 N–H and O–H groups in total. The molecular weight excluding hydrogens is 219 g/mol. The summed E-state index contributed by atoms with van der Waals surface area (Å²) in [6, 6.07) is 5.10. The average Bonchev–Trinajstić information content (AvgIpc) is 2.58. The number of hydrogen-bond donors (Lipinski definition) is 2.